The minimum Gasteiger partial charge on any atom is -0.426 e. The number of ketones is 2. The fourth-order valence-corrected chi connectivity index (χ4v) is 3.91. The zero-order valence-electron chi connectivity index (χ0n) is 20.1. The monoisotopic (exact) mass is 458 g/mol. The van der Waals surface area contributed by atoms with Gasteiger partial charge in [0, 0.05) is 36.1 Å². The molecule has 3 aromatic rings. The van der Waals surface area contributed by atoms with Crippen molar-refractivity contribution in [2.75, 3.05) is 0 Å². The Balaban J connectivity index is 1.93. The van der Waals surface area contributed by atoms with E-state index in [1.54, 1.807) is 76.2 Å². The van der Waals surface area contributed by atoms with Crippen molar-refractivity contribution in [3.8, 4) is 11.5 Å². The summed E-state index contributed by atoms with van der Waals surface area (Å²) in [4.78, 5) is 49.0. The number of carbonyl (C=O) groups excluding carboxylic acids is 4. The molecule has 6 heteroatoms. The maximum atomic E-state index is 13.2. The van der Waals surface area contributed by atoms with E-state index >= 15 is 0 Å². The van der Waals surface area contributed by atoms with E-state index in [1.165, 1.54) is 13.8 Å². The van der Waals surface area contributed by atoms with E-state index in [0.717, 1.165) is 0 Å². The quantitative estimate of drug-likeness (QED) is 0.285. The predicted octanol–water partition coefficient (Wildman–Crippen LogP) is 5.23. The molecule has 0 aliphatic rings. The van der Waals surface area contributed by atoms with Crippen LogP contribution in [0.2, 0.25) is 0 Å². The molecule has 0 saturated heterocycles. The smallest absolute Gasteiger partial charge is 0.308 e. The Kier molecular flexibility index (Phi) is 7.11. The number of esters is 2. The molecule has 0 atom stereocenters. The number of rotatable bonds is 6. The number of hydrogen-bond acceptors (Lipinski definition) is 6. The van der Waals surface area contributed by atoms with Gasteiger partial charge in [0.1, 0.15) is 11.5 Å². The molecule has 0 amide bonds. The summed E-state index contributed by atoms with van der Waals surface area (Å²) in [6.45, 7) is 9.73. The average Bonchev–Trinajstić information content (AvgIpc) is 2.77. The lowest BCUT2D eigenvalue weighted by atomic mass is 9.94. The molecule has 0 aromatic heterocycles. The molecular formula is C28H26O6. The zero-order chi connectivity index (χ0) is 25.2. The molecule has 0 fully saturated rings. The summed E-state index contributed by atoms with van der Waals surface area (Å²) in [5, 5.41) is 0. The molecule has 0 radical (unpaired) electrons. The second kappa shape index (κ2) is 9.83. The molecule has 0 N–H and O–H groups in total. The van der Waals surface area contributed by atoms with Crippen LogP contribution in [0, 0.1) is 27.7 Å². The summed E-state index contributed by atoms with van der Waals surface area (Å²) in [7, 11) is 0. The maximum Gasteiger partial charge on any atom is 0.308 e. The Morgan fingerprint density at radius 3 is 1.15 bits per heavy atom. The summed E-state index contributed by atoms with van der Waals surface area (Å²) in [6.07, 6.45) is 0. The largest absolute Gasteiger partial charge is 0.426 e. The minimum absolute atomic E-state index is 0.243. The van der Waals surface area contributed by atoms with Gasteiger partial charge in [-0.1, -0.05) is 18.2 Å². The van der Waals surface area contributed by atoms with Crippen molar-refractivity contribution in [3.05, 3.63) is 93.0 Å². The molecule has 0 unspecified atom stereocenters. The van der Waals surface area contributed by atoms with E-state index in [9.17, 15) is 19.2 Å². The van der Waals surface area contributed by atoms with Crippen molar-refractivity contribution in [1.29, 1.82) is 0 Å². The molecule has 0 saturated carbocycles. The minimum atomic E-state index is -0.428. The van der Waals surface area contributed by atoms with Crippen LogP contribution in [0.1, 0.15) is 67.9 Å². The van der Waals surface area contributed by atoms with Gasteiger partial charge in [-0.15, -0.1) is 0 Å². The first-order chi connectivity index (χ1) is 16.0. The lowest BCUT2D eigenvalue weighted by Gasteiger charge is -2.13. The number of aryl methyl sites for hydroxylation is 4. The molecular weight excluding hydrogens is 432 g/mol. The van der Waals surface area contributed by atoms with E-state index in [0.29, 0.717) is 56.0 Å². The van der Waals surface area contributed by atoms with E-state index in [2.05, 4.69) is 0 Å². The molecule has 174 valence electrons. The lowest BCUT2D eigenvalue weighted by molar-refractivity contribution is -0.132. The average molecular weight is 459 g/mol. The maximum absolute atomic E-state index is 13.2. The fourth-order valence-electron chi connectivity index (χ4n) is 3.91. The number of benzene rings is 3. The number of hydrogen-bond donors (Lipinski definition) is 0. The van der Waals surface area contributed by atoms with Crippen LogP contribution in [0.5, 0.6) is 11.5 Å². The van der Waals surface area contributed by atoms with Gasteiger partial charge in [0.2, 0.25) is 0 Å². The van der Waals surface area contributed by atoms with Gasteiger partial charge < -0.3 is 9.47 Å². The zero-order valence-corrected chi connectivity index (χ0v) is 20.1. The van der Waals surface area contributed by atoms with E-state index < -0.39 is 11.9 Å². The standard InChI is InChI=1S/C28H26O6/c1-15-10-23(11-16(2)27(15)33-19(5)29)25(31)21-8-7-9-22(14-21)26(32)24-12-17(3)28(18(4)13-24)34-20(6)30/h7-14H,1-6H3. The molecule has 0 aliphatic carbocycles. The van der Waals surface area contributed by atoms with Crippen molar-refractivity contribution >= 4 is 23.5 Å². The topological polar surface area (TPSA) is 86.7 Å². The Morgan fingerprint density at radius 2 is 0.853 bits per heavy atom. The van der Waals surface area contributed by atoms with Crippen LogP contribution < -0.4 is 9.47 Å². The lowest BCUT2D eigenvalue weighted by Crippen LogP contribution is -2.09. The van der Waals surface area contributed by atoms with Crippen LogP contribution >= 0.6 is 0 Å². The van der Waals surface area contributed by atoms with Crippen LogP contribution in [0.3, 0.4) is 0 Å². The normalized spacial score (nSPS) is 10.5. The van der Waals surface area contributed by atoms with Gasteiger partial charge in [-0.2, -0.15) is 0 Å². The highest BCUT2D eigenvalue weighted by molar-refractivity contribution is 6.13. The molecule has 3 rings (SSSR count). The van der Waals surface area contributed by atoms with Gasteiger partial charge in [-0.05, 0) is 80.3 Å². The summed E-state index contributed by atoms with van der Waals surface area (Å²) >= 11 is 0. The summed E-state index contributed by atoms with van der Waals surface area (Å²) in [6, 6.07) is 13.2. The van der Waals surface area contributed by atoms with E-state index in [-0.39, 0.29) is 11.6 Å². The third-order valence-corrected chi connectivity index (χ3v) is 5.32. The summed E-state index contributed by atoms with van der Waals surface area (Å²) in [5.41, 5.74) is 4.30. The second-order valence-electron chi connectivity index (χ2n) is 8.30. The van der Waals surface area contributed by atoms with Gasteiger partial charge in [0.05, 0.1) is 0 Å². The number of ether oxygens (including phenoxy) is 2. The van der Waals surface area contributed by atoms with Crippen LogP contribution in [0.25, 0.3) is 0 Å². The predicted molar refractivity (Wildman–Crippen MR) is 128 cm³/mol. The van der Waals surface area contributed by atoms with Gasteiger partial charge >= 0.3 is 11.9 Å². The second-order valence-corrected chi connectivity index (χ2v) is 8.30. The molecule has 0 bridgehead atoms. The highest BCUT2D eigenvalue weighted by Gasteiger charge is 2.18. The van der Waals surface area contributed by atoms with Crippen molar-refractivity contribution < 1.29 is 28.7 Å². The molecule has 6 nitrogen and oxygen atoms in total. The Morgan fingerprint density at radius 1 is 0.529 bits per heavy atom. The van der Waals surface area contributed by atoms with Gasteiger partial charge in [0.15, 0.2) is 11.6 Å². The van der Waals surface area contributed by atoms with Gasteiger partial charge in [0.25, 0.3) is 0 Å². The molecule has 0 heterocycles. The van der Waals surface area contributed by atoms with Gasteiger partial charge in [-0.25, -0.2) is 0 Å². The Bertz CT molecular complexity index is 1190. The molecule has 34 heavy (non-hydrogen) atoms. The first-order valence-corrected chi connectivity index (χ1v) is 10.8. The van der Waals surface area contributed by atoms with Crippen LogP contribution in [-0.2, 0) is 9.59 Å². The van der Waals surface area contributed by atoms with Crippen molar-refractivity contribution in [1.82, 2.24) is 0 Å². The first-order valence-electron chi connectivity index (χ1n) is 10.8. The van der Waals surface area contributed by atoms with Crippen LogP contribution in [0.4, 0.5) is 0 Å². The third kappa shape index (κ3) is 5.29. The first kappa shape index (κ1) is 24.6. The van der Waals surface area contributed by atoms with Gasteiger partial charge in [-0.3, -0.25) is 19.2 Å². The molecule has 3 aromatic carbocycles. The van der Waals surface area contributed by atoms with E-state index in [1.807, 2.05) is 0 Å². The highest BCUT2D eigenvalue weighted by atomic mass is 16.5. The van der Waals surface area contributed by atoms with Crippen LogP contribution in [0.15, 0.2) is 48.5 Å². The SMILES string of the molecule is CC(=O)Oc1c(C)cc(C(=O)c2cccc(C(=O)c3cc(C)c(OC(C)=O)c(C)c3)c2)cc1C. The Labute approximate surface area is 198 Å². The van der Waals surface area contributed by atoms with Crippen molar-refractivity contribution in [2.45, 2.75) is 41.5 Å². The van der Waals surface area contributed by atoms with Crippen molar-refractivity contribution in [3.63, 3.8) is 0 Å². The fraction of sp³-hybridized carbons (Fsp3) is 0.214. The summed E-state index contributed by atoms with van der Waals surface area (Å²) < 4.78 is 10.5. The van der Waals surface area contributed by atoms with Crippen LogP contribution in [-0.4, -0.2) is 23.5 Å². The molecule has 0 aliphatic heterocycles. The Hall–Kier alpha value is -4.06. The molecule has 0 spiro atoms. The third-order valence-electron chi connectivity index (χ3n) is 5.32. The summed E-state index contributed by atoms with van der Waals surface area (Å²) in [5.74, 6) is -0.460. The highest BCUT2D eigenvalue weighted by Crippen LogP contribution is 2.28. The van der Waals surface area contributed by atoms with E-state index in [4.69, 9.17) is 9.47 Å². The van der Waals surface area contributed by atoms with Crippen molar-refractivity contribution in [2.24, 2.45) is 0 Å². The number of carbonyl (C=O) groups is 4.